The molecule has 1 heterocycles. The lowest BCUT2D eigenvalue weighted by Crippen LogP contribution is -2.40. The highest BCUT2D eigenvalue weighted by atomic mass is 16.3. The maximum atomic E-state index is 11.8. The van der Waals surface area contributed by atoms with Crippen molar-refractivity contribution < 1.29 is 9.90 Å². The van der Waals surface area contributed by atoms with Crippen LogP contribution in [0.3, 0.4) is 0 Å². The van der Waals surface area contributed by atoms with E-state index in [2.05, 4.69) is 39.8 Å². The predicted octanol–water partition coefficient (Wildman–Crippen LogP) is 2.02. The van der Waals surface area contributed by atoms with E-state index in [1.165, 1.54) is 5.69 Å². The van der Waals surface area contributed by atoms with Gasteiger partial charge in [0.2, 0.25) is 0 Å². The summed E-state index contributed by atoms with van der Waals surface area (Å²) in [6.07, 6.45) is 5.81. The monoisotopic (exact) mass is 303 g/mol. The number of nitrogens with zero attached hydrogens (tertiary/aromatic N) is 1. The van der Waals surface area contributed by atoms with Crippen LogP contribution < -0.4 is 15.5 Å². The second-order valence-corrected chi connectivity index (χ2v) is 5.64. The zero-order valence-electron chi connectivity index (χ0n) is 13.1. The van der Waals surface area contributed by atoms with Gasteiger partial charge in [-0.3, -0.25) is 0 Å². The smallest absolute Gasteiger partial charge is 0.315 e. The highest BCUT2D eigenvalue weighted by Crippen LogP contribution is 2.17. The summed E-state index contributed by atoms with van der Waals surface area (Å²) in [4.78, 5) is 14.0. The molecule has 1 aliphatic rings. The maximum absolute atomic E-state index is 11.8. The molecule has 0 fully saturated rings. The largest absolute Gasteiger partial charge is 0.396 e. The molecule has 5 heteroatoms. The zero-order chi connectivity index (χ0) is 15.8. The Bertz CT molecular complexity index is 491. The molecule has 120 valence electrons. The molecule has 2 rings (SSSR count). The van der Waals surface area contributed by atoms with Crippen molar-refractivity contribution in [3.8, 4) is 0 Å². The van der Waals surface area contributed by atoms with E-state index < -0.39 is 0 Å². The Kier molecular flexibility index (Phi) is 6.27. The van der Waals surface area contributed by atoms with Crippen molar-refractivity contribution in [2.75, 3.05) is 24.6 Å². The number of amides is 2. The van der Waals surface area contributed by atoms with Crippen LogP contribution in [0.2, 0.25) is 0 Å². The van der Waals surface area contributed by atoms with E-state index in [0.717, 1.165) is 25.1 Å². The van der Waals surface area contributed by atoms with E-state index in [1.807, 2.05) is 19.1 Å². The molecule has 0 saturated heterocycles. The first-order chi connectivity index (χ1) is 10.7. The van der Waals surface area contributed by atoms with Gasteiger partial charge in [-0.05, 0) is 37.5 Å². The maximum Gasteiger partial charge on any atom is 0.315 e. The fourth-order valence-electron chi connectivity index (χ4n) is 2.44. The van der Waals surface area contributed by atoms with Crippen LogP contribution in [0.1, 0.15) is 25.3 Å². The molecule has 0 spiro atoms. The van der Waals surface area contributed by atoms with Gasteiger partial charge >= 0.3 is 6.03 Å². The molecule has 0 bridgehead atoms. The van der Waals surface area contributed by atoms with Gasteiger partial charge in [0.25, 0.3) is 0 Å². The summed E-state index contributed by atoms with van der Waals surface area (Å²) in [7, 11) is 0. The van der Waals surface area contributed by atoms with Crippen molar-refractivity contribution in [3.63, 3.8) is 0 Å². The third-order valence-corrected chi connectivity index (χ3v) is 3.75. The molecule has 1 atom stereocenters. The van der Waals surface area contributed by atoms with E-state index in [-0.39, 0.29) is 18.7 Å². The quantitative estimate of drug-likeness (QED) is 0.675. The second-order valence-electron chi connectivity index (χ2n) is 5.64. The first-order valence-electron chi connectivity index (χ1n) is 7.83. The van der Waals surface area contributed by atoms with Gasteiger partial charge in [-0.25, -0.2) is 4.79 Å². The highest BCUT2D eigenvalue weighted by Gasteiger charge is 2.08. The Morgan fingerprint density at radius 2 is 1.95 bits per heavy atom. The lowest BCUT2D eigenvalue weighted by molar-refractivity contribution is 0.234. The van der Waals surface area contributed by atoms with E-state index in [0.29, 0.717) is 13.0 Å². The number of carbonyl (C=O) groups is 1. The lowest BCUT2D eigenvalue weighted by atomic mass is 10.2. The Labute approximate surface area is 132 Å². The Morgan fingerprint density at radius 1 is 1.27 bits per heavy atom. The molecule has 1 unspecified atom stereocenters. The molecule has 0 aliphatic carbocycles. The average Bonchev–Trinajstić information content (AvgIpc) is 3.06. The summed E-state index contributed by atoms with van der Waals surface area (Å²) in [5, 5.41) is 14.5. The summed E-state index contributed by atoms with van der Waals surface area (Å²) in [5.74, 6) is 0. The van der Waals surface area contributed by atoms with Gasteiger partial charge in [0.15, 0.2) is 0 Å². The van der Waals surface area contributed by atoms with Crippen LogP contribution in [0, 0.1) is 0 Å². The van der Waals surface area contributed by atoms with Crippen molar-refractivity contribution in [3.05, 3.63) is 42.0 Å². The van der Waals surface area contributed by atoms with Crippen molar-refractivity contribution in [1.82, 2.24) is 10.6 Å². The number of benzene rings is 1. The minimum Gasteiger partial charge on any atom is -0.396 e. The number of nitrogens with one attached hydrogen (secondary N) is 2. The summed E-state index contributed by atoms with van der Waals surface area (Å²) in [6, 6.07) is 8.17. The van der Waals surface area contributed by atoms with Crippen LogP contribution in [0.15, 0.2) is 36.4 Å². The van der Waals surface area contributed by atoms with Gasteiger partial charge < -0.3 is 20.6 Å². The third-order valence-electron chi connectivity index (χ3n) is 3.75. The fraction of sp³-hybridized carbons (Fsp3) is 0.471. The van der Waals surface area contributed by atoms with Crippen LogP contribution in [-0.2, 0) is 6.54 Å². The van der Waals surface area contributed by atoms with E-state index in [1.54, 1.807) is 0 Å². The normalized spacial score (nSPS) is 14.9. The van der Waals surface area contributed by atoms with Crippen molar-refractivity contribution >= 4 is 11.7 Å². The minimum absolute atomic E-state index is 0.0668. The standard InChI is InChI=1S/C17H25N3O2/c1-14(5-4-12-21)19-17(22)18-13-15-6-8-16(9-7-15)20-10-2-3-11-20/h2-3,6-9,14,21H,4-5,10-13H2,1H3,(H2,18,19,22). The van der Waals surface area contributed by atoms with Crippen molar-refractivity contribution in [2.24, 2.45) is 0 Å². The van der Waals surface area contributed by atoms with Gasteiger partial charge in [0.05, 0.1) is 0 Å². The number of urea groups is 1. The van der Waals surface area contributed by atoms with Gasteiger partial charge in [-0.1, -0.05) is 24.3 Å². The van der Waals surface area contributed by atoms with Crippen molar-refractivity contribution in [1.29, 1.82) is 0 Å². The Morgan fingerprint density at radius 3 is 2.59 bits per heavy atom. The molecular weight excluding hydrogens is 278 g/mol. The fourth-order valence-corrected chi connectivity index (χ4v) is 2.44. The van der Waals surface area contributed by atoms with Crippen molar-refractivity contribution in [2.45, 2.75) is 32.4 Å². The molecule has 2 amide bonds. The van der Waals surface area contributed by atoms with Crippen LogP contribution in [-0.4, -0.2) is 36.9 Å². The molecule has 0 radical (unpaired) electrons. The number of hydrogen-bond acceptors (Lipinski definition) is 3. The second kappa shape index (κ2) is 8.44. The Hall–Kier alpha value is -2.01. The van der Waals surface area contributed by atoms with Gasteiger partial charge in [0, 0.05) is 38.0 Å². The molecule has 3 N–H and O–H groups in total. The summed E-state index contributed by atoms with van der Waals surface area (Å²) in [5.41, 5.74) is 2.28. The van der Waals surface area contributed by atoms with Crippen LogP contribution >= 0.6 is 0 Å². The lowest BCUT2D eigenvalue weighted by Gasteiger charge is -2.18. The third kappa shape index (κ3) is 5.07. The average molecular weight is 303 g/mol. The first-order valence-corrected chi connectivity index (χ1v) is 7.83. The number of aliphatic hydroxyl groups is 1. The first kappa shape index (κ1) is 16.4. The van der Waals surface area contributed by atoms with Crippen LogP contribution in [0.5, 0.6) is 0 Å². The van der Waals surface area contributed by atoms with Gasteiger partial charge in [0.1, 0.15) is 0 Å². The predicted molar refractivity (Wildman–Crippen MR) is 88.9 cm³/mol. The van der Waals surface area contributed by atoms with Gasteiger partial charge in [-0.15, -0.1) is 0 Å². The van der Waals surface area contributed by atoms with E-state index in [9.17, 15) is 4.79 Å². The SMILES string of the molecule is CC(CCCO)NC(=O)NCc1ccc(N2CC=CC2)cc1. The number of aliphatic hydroxyl groups excluding tert-OH is 1. The summed E-state index contributed by atoms with van der Waals surface area (Å²) < 4.78 is 0. The molecule has 1 aromatic rings. The molecule has 0 saturated carbocycles. The molecule has 1 aromatic carbocycles. The summed E-state index contributed by atoms with van der Waals surface area (Å²) >= 11 is 0. The van der Waals surface area contributed by atoms with E-state index in [4.69, 9.17) is 5.11 Å². The number of anilines is 1. The number of carbonyl (C=O) groups excluding carboxylic acids is 1. The Balaban J connectivity index is 1.73. The topological polar surface area (TPSA) is 64.6 Å². The molecule has 1 aliphatic heterocycles. The number of hydrogen-bond donors (Lipinski definition) is 3. The molecular formula is C17H25N3O2. The van der Waals surface area contributed by atoms with Crippen LogP contribution in [0.25, 0.3) is 0 Å². The molecule has 5 nitrogen and oxygen atoms in total. The van der Waals surface area contributed by atoms with Gasteiger partial charge in [-0.2, -0.15) is 0 Å². The number of rotatable bonds is 7. The highest BCUT2D eigenvalue weighted by molar-refractivity contribution is 5.74. The van der Waals surface area contributed by atoms with Crippen LogP contribution in [0.4, 0.5) is 10.5 Å². The molecule has 22 heavy (non-hydrogen) atoms. The molecule has 0 aromatic heterocycles. The zero-order valence-corrected chi connectivity index (χ0v) is 13.1. The van der Waals surface area contributed by atoms with E-state index >= 15 is 0 Å². The minimum atomic E-state index is -0.168. The summed E-state index contributed by atoms with van der Waals surface area (Å²) in [6.45, 7) is 4.54.